The minimum atomic E-state index is -3.03. The fourth-order valence-corrected chi connectivity index (χ4v) is 4.31. The molecule has 0 radical (unpaired) electrons. The molecular weight excluding hydrogens is 300 g/mol. The summed E-state index contributed by atoms with van der Waals surface area (Å²) in [6.45, 7) is 2.81. The van der Waals surface area contributed by atoms with Gasteiger partial charge in [0.1, 0.15) is 0 Å². The highest BCUT2D eigenvalue weighted by Crippen LogP contribution is 2.17. The molecule has 0 aromatic carbocycles. The molecule has 20 heavy (non-hydrogen) atoms. The number of nitrogens with zero attached hydrogens (tertiary/aromatic N) is 2. The molecule has 2 rings (SSSR count). The second kappa shape index (κ2) is 6.49. The zero-order valence-electron chi connectivity index (χ0n) is 11.3. The second-order valence-electron chi connectivity index (χ2n) is 4.77. The van der Waals surface area contributed by atoms with E-state index in [-0.39, 0.29) is 28.5 Å². The summed E-state index contributed by atoms with van der Waals surface area (Å²) in [5.41, 5.74) is 0. The van der Waals surface area contributed by atoms with E-state index >= 15 is 0 Å². The minimum Gasteiger partial charge on any atom is -0.360 e. The van der Waals surface area contributed by atoms with Crippen LogP contribution in [0.4, 0.5) is 5.13 Å². The van der Waals surface area contributed by atoms with Crippen LogP contribution in [0.25, 0.3) is 0 Å². The average molecular weight is 318 g/mol. The SMILES string of the molecule is CCCNc1nnc(C(=O)NC2CCCS(=O)(=O)C2)s1. The largest absolute Gasteiger partial charge is 0.360 e. The molecule has 2 N–H and O–H groups in total. The van der Waals surface area contributed by atoms with Crippen molar-refractivity contribution >= 4 is 32.2 Å². The van der Waals surface area contributed by atoms with E-state index in [4.69, 9.17) is 0 Å². The van der Waals surface area contributed by atoms with Crippen LogP contribution < -0.4 is 10.6 Å². The normalized spacial score (nSPS) is 21.4. The Kier molecular flexibility index (Phi) is 4.92. The molecule has 0 bridgehead atoms. The van der Waals surface area contributed by atoms with Crippen molar-refractivity contribution < 1.29 is 13.2 Å². The molecule has 0 saturated carbocycles. The quantitative estimate of drug-likeness (QED) is 0.827. The first-order chi connectivity index (χ1) is 9.50. The summed E-state index contributed by atoms with van der Waals surface area (Å²) in [5.74, 6) is -0.129. The number of carbonyl (C=O) groups is 1. The number of rotatable bonds is 5. The Labute approximate surface area is 122 Å². The van der Waals surface area contributed by atoms with Crippen LogP contribution in [-0.2, 0) is 9.84 Å². The molecule has 9 heteroatoms. The standard InChI is InChI=1S/C11H18N4O3S2/c1-2-5-12-11-15-14-10(19-11)9(16)13-8-4-3-6-20(17,18)7-8/h8H,2-7H2,1H3,(H,12,15)(H,13,16). The van der Waals surface area contributed by atoms with Crippen molar-refractivity contribution in [2.75, 3.05) is 23.4 Å². The summed E-state index contributed by atoms with van der Waals surface area (Å²) in [6, 6.07) is -0.322. The molecule has 1 atom stereocenters. The molecule has 1 fully saturated rings. The summed E-state index contributed by atoms with van der Waals surface area (Å²) >= 11 is 1.17. The molecule has 1 aliphatic rings. The first kappa shape index (κ1) is 15.2. The molecule has 1 saturated heterocycles. The summed E-state index contributed by atoms with van der Waals surface area (Å²) in [4.78, 5) is 12.0. The maximum Gasteiger partial charge on any atom is 0.282 e. The fourth-order valence-electron chi connectivity index (χ4n) is 2.00. The van der Waals surface area contributed by atoms with Gasteiger partial charge >= 0.3 is 0 Å². The summed E-state index contributed by atoms with van der Waals surface area (Å²) < 4.78 is 23.0. The highest BCUT2D eigenvalue weighted by Gasteiger charge is 2.27. The Morgan fingerprint density at radius 2 is 2.25 bits per heavy atom. The lowest BCUT2D eigenvalue weighted by atomic mass is 10.2. The Hall–Kier alpha value is -1.22. The molecule has 1 unspecified atom stereocenters. The van der Waals surface area contributed by atoms with Crippen LogP contribution in [0.3, 0.4) is 0 Å². The van der Waals surface area contributed by atoms with E-state index in [0.29, 0.717) is 18.0 Å². The predicted octanol–water partition coefficient (Wildman–Crippen LogP) is 0.667. The van der Waals surface area contributed by atoms with Gasteiger partial charge in [0.05, 0.1) is 11.5 Å². The van der Waals surface area contributed by atoms with Gasteiger partial charge in [-0.15, -0.1) is 10.2 Å². The maximum atomic E-state index is 12.0. The number of hydrogen-bond donors (Lipinski definition) is 2. The molecule has 1 aliphatic heterocycles. The van der Waals surface area contributed by atoms with Crippen molar-refractivity contribution in [1.82, 2.24) is 15.5 Å². The Bertz CT molecular complexity index is 570. The molecule has 7 nitrogen and oxygen atoms in total. The Morgan fingerprint density at radius 3 is 2.95 bits per heavy atom. The van der Waals surface area contributed by atoms with Gasteiger partial charge in [0, 0.05) is 12.6 Å². The average Bonchev–Trinajstić information content (AvgIpc) is 2.84. The zero-order valence-corrected chi connectivity index (χ0v) is 12.9. The third-order valence-electron chi connectivity index (χ3n) is 2.94. The highest BCUT2D eigenvalue weighted by atomic mass is 32.2. The fraction of sp³-hybridized carbons (Fsp3) is 0.727. The van der Waals surface area contributed by atoms with Crippen molar-refractivity contribution in [1.29, 1.82) is 0 Å². The van der Waals surface area contributed by atoms with E-state index < -0.39 is 9.84 Å². The van der Waals surface area contributed by atoms with Crippen LogP contribution in [0.1, 0.15) is 36.0 Å². The Balaban J connectivity index is 1.92. The van der Waals surface area contributed by atoms with Crippen LogP contribution in [0, 0.1) is 0 Å². The number of sulfone groups is 1. The number of aromatic nitrogens is 2. The zero-order chi connectivity index (χ0) is 14.6. The molecule has 1 aromatic rings. The summed E-state index contributed by atoms with van der Waals surface area (Å²) in [6.07, 6.45) is 2.23. The molecule has 0 spiro atoms. The number of hydrogen-bond acceptors (Lipinski definition) is 7. The first-order valence-electron chi connectivity index (χ1n) is 6.59. The van der Waals surface area contributed by atoms with E-state index in [1.54, 1.807) is 0 Å². The van der Waals surface area contributed by atoms with Crippen molar-refractivity contribution in [2.45, 2.75) is 32.2 Å². The first-order valence-corrected chi connectivity index (χ1v) is 9.22. The van der Waals surface area contributed by atoms with Crippen molar-refractivity contribution in [3.63, 3.8) is 0 Å². The van der Waals surface area contributed by atoms with E-state index in [2.05, 4.69) is 20.8 Å². The lowest BCUT2D eigenvalue weighted by Crippen LogP contribution is -2.43. The monoisotopic (exact) mass is 318 g/mol. The molecule has 1 aromatic heterocycles. The number of amides is 1. The van der Waals surface area contributed by atoms with Gasteiger partial charge in [0.2, 0.25) is 10.1 Å². The molecule has 112 valence electrons. The van der Waals surface area contributed by atoms with Gasteiger partial charge in [0.25, 0.3) is 5.91 Å². The van der Waals surface area contributed by atoms with Crippen molar-refractivity contribution in [2.24, 2.45) is 0 Å². The number of anilines is 1. The van der Waals surface area contributed by atoms with Crippen molar-refractivity contribution in [3.8, 4) is 0 Å². The van der Waals surface area contributed by atoms with Gasteiger partial charge < -0.3 is 10.6 Å². The van der Waals surface area contributed by atoms with E-state index in [1.807, 2.05) is 6.92 Å². The van der Waals surface area contributed by atoms with Gasteiger partial charge in [-0.25, -0.2) is 8.42 Å². The van der Waals surface area contributed by atoms with Crippen LogP contribution in [0.15, 0.2) is 0 Å². The highest BCUT2D eigenvalue weighted by molar-refractivity contribution is 7.91. The topological polar surface area (TPSA) is 101 Å². The molecular formula is C11H18N4O3S2. The van der Waals surface area contributed by atoms with Gasteiger partial charge in [-0.05, 0) is 19.3 Å². The number of nitrogens with one attached hydrogen (secondary N) is 2. The maximum absolute atomic E-state index is 12.0. The lowest BCUT2D eigenvalue weighted by molar-refractivity contribution is 0.0937. The third-order valence-corrected chi connectivity index (χ3v) is 5.64. The van der Waals surface area contributed by atoms with Gasteiger partial charge in [0.15, 0.2) is 9.84 Å². The Morgan fingerprint density at radius 1 is 1.45 bits per heavy atom. The second-order valence-corrected chi connectivity index (χ2v) is 7.97. The van der Waals surface area contributed by atoms with Gasteiger partial charge in [-0.2, -0.15) is 0 Å². The van der Waals surface area contributed by atoms with E-state index in [0.717, 1.165) is 13.0 Å². The molecule has 0 aliphatic carbocycles. The predicted molar refractivity (Wildman–Crippen MR) is 77.8 cm³/mol. The van der Waals surface area contributed by atoms with Crippen molar-refractivity contribution in [3.05, 3.63) is 5.01 Å². The summed E-state index contributed by atoms with van der Waals surface area (Å²) in [7, 11) is -3.03. The van der Waals surface area contributed by atoms with Crippen LogP contribution in [0.2, 0.25) is 0 Å². The van der Waals surface area contributed by atoms with E-state index in [9.17, 15) is 13.2 Å². The van der Waals surface area contributed by atoms with Crippen LogP contribution in [0.5, 0.6) is 0 Å². The summed E-state index contributed by atoms with van der Waals surface area (Å²) in [5, 5.41) is 14.3. The number of carbonyl (C=O) groups excluding carboxylic acids is 1. The van der Waals surface area contributed by atoms with Gasteiger partial charge in [-0.1, -0.05) is 18.3 Å². The third kappa shape index (κ3) is 4.14. The van der Waals surface area contributed by atoms with Crippen LogP contribution in [-0.4, -0.2) is 48.6 Å². The van der Waals surface area contributed by atoms with E-state index in [1.165, 1.54) is 11.3 Å². The van der Waals surface area contributed by atoms with Gasteiger partial charge in [-0.3, -0.25) is 4.79 Å². The molecule has 1 amide bonds. The minimum absolute atomic E-state index is 0.0124. The lowest BCUT2D eigenvalue weighted by Gasteiger charge is -2.22. The molecule has 2 heterocycles. The smallest absolute Gasteiger partial charge is 0.282 e. The van der Waals surface area contributed by atoms with Crippen LogP contribution >= 0.6 is 11.3 Å².